The SMILES string of the molecule is Cc1nc(C2CCC3COC(C)C(=O)N3C2)n2ccnc(N)c12. The van der Waals surface area contributed by atoms with Crippen LogP contribution in [0.25, 0.3) is 5.52 Å². The number of morpholine rings is 1. The Morgan fingerprint density at radius 2 is 2.22 bits per heavy atom. The molecule has 0 saturated carbocycles. The standard InChI is InChI=1S/C16H21N5O2/c1-9-13-14(17)18-5-6-20(13)15(19-9)11-3-4-12-8-23-10(2)16(22)21(12)7-11/h5-6,10-12H,3-4,7-8H2,1-2H3,(H2,17,18). The van der Waals surface area contributed by atoms with E-state index in [1.54, 1.807) is 6.20 Å². The third-order valence-corrected chi connectivity index (χ3v) is 5.03. The molecule has 7 nitrogen and oxygen atoms in total. The fourth-order valence-electron chi connectivity index (χ4n) is 3.80. The first kappa shape index (κ1) is 14.4. The lowest BCUT2D eigenvalue weighted by atomic mass is 9.91. The van der Waals surface area contributed by atoms with Crippen LogP contribution in [0.3, 0.4) is 0 Å². The van der Waals surface area contributed by atoms with Gasteiger partial charge in [-0.25, -0.2) is 9.97 Å². The van der Waals surface area contributed by atoms with Crippen molar-refractivity contribution in [1.82, 2.24) is 19.3 Å². The summed E-state index contributed by atoms with van der Waals surface area (Å²) in [5.41, 5.74) is 7.74. The molecule has 7 heteroatoms. The molecule has 23 heavy (non-hydrogen) atoms. The molecule has 1 amide bonds. The van der Waals surface area contributed by atoms with Gasteiger partial charge in [-0.3, -0.25) is 9.20 Å². The Labute approximate surface area is 134 Å². The molecule has 2 aromatic heterocycles. The Balaban J connectivity index is 1.69. The van der Waals surface area contributed by atoms with Crippen molar-refractivity contribution >= 4 is 17.2 Å². The lowest BCUT2D eigenvalue weighted by molar-refractivity contribution is -0.160. The molecule has 2 aromatic rings. The second-order valence-electron chi connectivity index (χ2n) is 6.48. The van der Waals surface area contributed by atoms with Gasteiger partial charge in [0.2, 0.25) is 0 Å². The van der Waals surface area contributed by atoms with Gasteiger partial charge in [0.25, 0.3) is 5.91 Å². The van der Waals surface area contributed by atoms with Crippen molar-refractivity contribution in [3.05, 3.63) is 23.9 Å². The van der Waals surface area contributed by atoms with Crippen molar-refractivity contribution in [3.63, 3.8) is 0 Å². The van der Waals surface area contributed by atoms with Gasteiger partial charge in [0, 0.05) is 24.9 Å². The Morgan fingerprint density at radius 3 is 3.04 bits per heavy atom. The van der Waals surface area contributed by atoms with Gasteiger partial charge < -0.3 is 15.4 Å². The van der Waals surface area contributed by atoms with E-state index in [0.29, 0.717) is 19.0 Å². The first-order valence-electron chi connectivity index (χ1n) is 8.07. The Bertz CT molecular complexity index is 771. The van der Waals surface area contributed by atoms with E-state index in [2.05, 4.69) is 4.98 Å². The summed E-state index contributed by atoms with van der Waals surface area (Å²) in [5.74, 6) is 1.76. The summed E-state index contributed by atoms with van der Waals surface area (Å²) in [6.45, 7) is 5.10. The maximum atomic E-state index is 12.4. The smallest absolute Gasteiger partial charge is 0.251 e. The number of nitrogens with two attached hydrogens (primary N) is 1. The van der Waals surface area contributed by atoms with Crippen LogP contribution in [0.1, 0.15) is 37.2 Å². The van der Waals surface area contributed by atoms with Gasteiger partial charge in [-0.2, -0.15) is 0 Å². The van der Waals surface area contributed by atoms with Crippen molar-refractivity contribution in [2.45, 2.75) is 44.8 Å². The Kier molecular flexibility index (Phi) is 3.26. The fourth-order valence-corrected chi connectivity index (χ4v) is 3.80. The number of nitrogens with zero attached hydrogens (tertiary/aromatic N) is 4. The number of ether oxygens (including phenoxy) is 1. The molecule has 3 unspecified atom stereocenters. The lowest BCUT2D eigenvalue weighted by Gasteiger charge is -2.43. The van der Waals surface area contributed by atoms with E-state index in [1.165, 1.54) is 0 Å². The number of amides is 1. The molecule has 122 valence electrons. The molecular weight excluding hydrogens is 294 g/mol. The maximum absolute atomic E-state index is 12.4. The monoisotopic (exact) mass is 315 g/mol. The normalized spacial score (nSPS) is 28.2. The van der Waals surface area contributed by atoms with Gasteiger partial charge in [0.05, 0.1) is 18.3 Å². The molecule has 2 fully saturated rings. The van der Waals surface area contributed by atoms with Gasteiger partial charge in [-0.1, -0.05) is 0 Å². The number of imidazole rings is 1. The Morgan fingerprint density at radius 1 is 1.39 bits per heavy atom. The number of piperidine rings is 1. The van der Waals surface area contributed by atoms with Crippen LogP contribution in [0.5, 0.6) is 0 Å². The summed E-state index contributed by atoms with van der Waals surface area (Å²) < 4.78 is 7.58. The van der Waals surface area contributed by atoms with Crippen LogP contribution < -0.4 is 5.73 Å². The van der Waals surface area contributed by atoms with Gasteiger partial charge in [0.1, 0.15) is 23.3 Å². The molecule has 3 atom stereocenters. The maximum Gasteiger partial charge on any atom is 0.251 e. The molecule has 0 aliphatic carbocycles. The molecule has 2 aliphatic rings. The van der Waals surface area contributed by atoms with E-state index in [1.807, 2.05) is 29.3 Å². The average molecular weight is 315 g/mol. The fraction of sp³-hybridized carbons (Fsp3) is 0.562. The molecule has 2 N–H and O–H groups in total. The molecule has 2 saturated heterocycles. The number of fused-ring (bicyclic) bond motifs is 2. The minimum Gasteiger partial charge on any atom is -0.382 e. The predicted molar refractivity (Wildman–Crippen MR) is 85.0 cm³/mol. The van der Waals surface area contributed by atoms with E-state index in [9.17, 15) is 4.79 Å². The number of hydrogen-bond donors (Lipinski definition) is 1. The predicted octanol–water partition coefficient (Wildman–Crippen LogP) is 1.11. The van der Waals surface area contributed by atoms with Crippen LogP contribution in [0, 0.1) is 6.92 Å². The minimum absolute atomic E-state index is 0.0877. The minimum atomic E-state index is -0.344. The third kappa shape index (κ3) is 2.18. The number of anilines is 1. The summed E-state index contributed by atoms with van der Waals surface area (Å²) >= 11 is 0. The van der Waals surface area contributed by atoms with Crippen molar-refractivity contribution in [1.29, 1.82) is 0 Å². The van der Waals surface area contributed by atoms with E-state index in [-0.39, 0.29) is 24.0 Å². The molecule has 0 radical (unpaired) electrons. The second-order valence-corrected chi connectivity index (χ2v) is 6.48. The Hall–Kier alpha value is -2.15. The lowest BCUT2D eigenvalue weighted by Crippen LogP contribution is -2.56. The molecule has 4 heterocycles. The summed E-state index contributed by atoms with van der Waals surface area (Å²) in [5, 5.41) is 0. The van der Waals surface area contributed by atoms with Gasteiger partial charge >= 0.3 is 0 Å². The molecule has 0 spiro atoms. The van der Waals surface area contributed by atoms with Crippen LogP contribution in [0.15, 0.2) is 12.4 Å². The summed E-state index contributed by atoms with van der Waals surface area (Å²) in [6.07, 6.45) is 5.19. The van der Waals surface area contributed by atoms with Gasteiger partial charge in [-0.15, -0.1) is 0 Å². The zero-order chi connectivity index (χ0) is 16.1. The van der Waals surface area contributed by atoms with Crippen molar-refractivity contribution < 1.29 is 9.53 Å². The van der Waals surface area contributed by atoms with Crippen molar-refractivity contribution in [2.24, 2.45) is 0 Å². The van der Waals surface area contributed by atoms with Crippen LogP contribution in [0.2, 0.25) is 0 Å². The van der Waals surface area contributed by atoms with E-state index >= 15 is 0 Å². The summed E-state index contributed by atoms with van der Waals surface area (Å²) in [7, 11) is 0. The zero-order valence-corrected chi connectivity index (χ0v) is 13.4. The van der Waals surface area contributed by atoms with E-state index in [0.717, 1.165) is 29.9 Å². The molecule has 0 aromatic carbocycles. The van der Waals surface area contributed by atoms with Crippen LogP contribution in [-0.4, -0.2) is 50.5 Å². The highest BCUT2D eigenvalue weighted by molar-refractivity contribution is 5.81. The highest BCUT2D eigenvalue weighted by Crippen LogP contribution is 2.33. The number of nitrogen functional groups attached to an aromatic ring is 1. The van der Waals surface area contributed by atoms with Gasteiger partial charge in [-0.05, 0) is 26.7 Å². The number of rotatable bonds is 1. The highest BCUT2D eigenvalue weighted by Gasteiger charge is 2.39. The van der Waals surface area contributed by atoms with Crippen molar-refractivity contribution in [2.75, 3.05) is 18.9 Å². The topological polar surface area (TPSA) is 85.8 Å². The molecule has 2 aliphatic heterocycles. The molecular formula is C16H21N5O2. The first-order valence-corrected chi connectivity index (χ1v) is 8.07. The second kappa shape index (κ2) is 5.19. The summed E-state index contributed by atoms with van der Waals surface area (Å²) in [4.78, 5) is 23.3. The van der Waals surface area contributed by atoms with Crippen LogP contribution in [0.4, 0.5) is 5.82 Å². The van der Waals surface area contributed by atoms with Crippen molar-refractivity contribution in [3.8, 4) is 0 Å². The van der Waals surface area contributed by atoms with E-state index in [4.69, 9.17) is 15.5 Å². The number of hydrogen-bond acceptors (Lipinski definition) is 5. The quantitative estimate of drug-likeness (QED) is 0.852. The third-order valence-electron chi connectivity index (χ3n) is 5.03. The summed E-state index contributed by atoms with van der Waals surface area (Å²) in [6, 6.07) is 0.203. The van der Waals surface area contributed by atoms with Gasteiger partial charge in [0.15, 0.2) is 0 Å². The first-order chi connectivity index (χ1) is 11.1. The highest BCUT2D eigenvalue weighted by atomic mass is 16.5. The van der Waals surface area contributed by atoms with E-state index < -0.39 is 0 Å². The van der Waals surface area contributed by atoms with Crippen LogP contribution in [-0.2, 0) is 9.53 Å². The number of aryl methyl sites for hydroxylation is 1. The molecule has 4 rings (SSSR count). The number of carbonyl (C=O) groups is 1. The number of aromatic nitrogens is 3. The van der Waals surface area contributed by atoms with Crippen LogP contribution >= 0.6 is 0 Å². The molecule has 0 bridgehead atoms. The average Bonchev–Trinajstić information content (AvgIpc) is 2.89. The number of carbonyl (C=O) groups excluding carboxylic acids is 1. The largest absolute Gasteiger partial charge is 0.382 e. The zero-order valence-electron chi connectivity index (χ0n) is 13.4.